The van der Waals surface area contributed by atoms with Crippen LogP contribution in [0.1, 0.15) is 6.42 Å². The van der Waals surface area contributed by atoms with Crippen LogP contribution in [0.25, 0.3) is 0 Å². The zero-order chi connectivity index (χ0) is 15.9. The Morgan fingerprint density at radius 2 is 2.09 bits per heavy atom. The summed E-state index contributed by atoms with van der Waals surface area (Å²) in [6.07, 6.45) is 1.95. The Kier molecular flexibility index (Phi) is 3.73. The van der Waals surface area contributed by atoms with Crippen LogP contribution in [-0.4, -0.2) is 50.7 Å². The molecule has 2 amide bonds. The minimum atomic E-state index is -3.19. The van der Waals surface area contributed by atoms with E-state index in [0.717, 1.165) is 17.8 Å². The van der Waals surface area contributed by atoms with Gasteiger partial charge in [-0.2, -0.15) is 0 Å². The molecule has 22 heavy (non-hydrogen) atoms. The van der Waals surface area contributed by atoms with Crippen LogP contribution in [0.3, 0.4) is 0 Å². The number of sulfonamides is 1. The maximum Gasteiger partial charge on any atom is 0.319 e. The Labute approximate surface area is 130 Å². The summed E-state index contributed by atoms with van der Waals surface area (Å²) in [5, 5.41) is 3.31. The quantitative estimate of drug-likeness (QED) is 0.835. The van der Waals surface area contributed by atoms with Gasteiger partial charge in [0, 0.05) is 19.6 Å². The topological polar surface area (TPSA) is 95.7 Å². The Morgan fingerprint density at radius 1 is 1.36 bits per heavy atom. The molecule has 0 bridgehead atoms. The van der Waals surface area contributed by atoms with Crippen molar-refractivity contribution in [2.75, 3.05) is 36.1 Å². The van der Waals surface area contributed by atoms with E-state index in [4.69, 9.17) is 5.73 Å². The van der Waals surface area contributed by atoms with Gasteiger partial charge in [-0.25, -0.2) is 17.5 Å². The van der Waals surface area contributed by atoms with Crippen LogP contribution in [-0.2, 0) is 10.0 Å². The largest absolute Gasteiger partial charge is 0.381 e. The summed E-state index contributed by atoms with van der Waals surface area (Å²) in [5.41, 5.74) is 7.21. The number of hydrogen-bond donors (Lipinski definition) is 2. The first kappa shape index (κ1) is 15.1. The van der Waals surface area contributed by atoms with Gasteiger partial charge < -0.3 is 11.1 Å². The fourth-order valence-electron chi connectivity index (χ4n) is 3.35. The second-order valence-corrected chi connectivity index (χ2v) is 7.83. The lowest BCUT2D eigenvalue weighted by molar-refractivity contribution is 0.248. The summed E-state index contributed by atoms with van der Waals surface area (Å²) in [7, 11) is -3.19. The molecule has 3 rings (SSSR count). The van der Waals surface area contributed by atoms with Gasteiger partial charge in [0.2, 0.25) is 10.0 Å². The highest BCUT2D eigenvalue weighted by Gasteiger charge is 2.40. The van der Waals surface area contributed by atoms with Gasteiger partial charge in [-0.05, 0) is 24.5 Å². The number of hydrogen-bond acceptors (Lipinski definition) is 4. The summed E-state index contributed by atoms with van der Waals surface area (Å²) >= 11 is 0. The molecule has 1 aromatic rings. The Balaban J connectivity index is 1.87. The van der Waals surface area contributed by atoms with E-state index in [2.05, 4.69) is 5.32 Å². The normalized spacial score (nSPS) is 25.6. The third-order valence-corrected chi connectivity index (χ3v) is 5.70. The first-order chi connectivity index (χ1) is 10.4. The monoisotopic (exact) mass is 324 g/mol. The highest BCUT2D eigenvalue weighted by molar-refractivity contribution is 7.88. The van der Waals surface area contributed by atoms with Crippen molar-refractivity contribution in [1.29, 1.82) is 0 Å². The van der Waals surface area contributed by atoms with Crippen molar-refractivity contribution in [2.24, 2.45) is 11.7 Å². The molecule has 2 atom stereocenters. The van der Waals surface area contributed by atoms with Crippen LogP contribution in [0.5, 0.6) is 0 Å². The van der Waals surface area contributed by atoms with Crippen LogP contribution >= 0.6 is 0 Å². The van der Waals surface area contributed by atoms with Crippen molar-refractivity contribution in [1.82, 2.24) is 4.31 Å². The average Bonchev–Trinajstić information content (AvgIpc) is 2.95. The number of amides is 2. The highest BCUT2D eigenvalue weighted by atomic mass is 32.2. The maximum absolute atomic E-state index is 12.0. The maximum atomic E-state index is 12.0. The number of nitrogens with zero attached hydrogens (tertiary/aromatic N) is 2. The zero-order valence-corrected chi connectivity index (χ0v) is 13.2. The Bertz CT molecular complexity index is 691. The highest BCUT2D eigenvalue weighted by Crippen LogP contribution is 2.35. The number of fused-ring (bicyclic) bond motifs is 1. The molecule has 1 saturated heterocycles. The molecule has 0 aliphatic carbocycles. The minimum absolute atomic E-state index is 0.0723. The summed E-state index contributed by atoms with van der Waals surface area (Å²) in [4.78, 5) is 13.6. The number of primary amides is 1. The van der Waals surface area contributed by atoms with E-state index in [9.17, 15) is 13.2 Å². The molecule has 2 unspecified atom stereocenters. The summed E-state index contributed by atoms with van der Waals surface area (Å²) < 4.78 is 24.8. The fourth-order valence-corrected chi connectivity index (χ4v) is 4.25. The van der Waals surface area contributed by atoms with Gasteiger partial charge >= 0.3 is 6.03 Å². The summed E-state index contributed by atoms with van der Waals surface area (Å²) in [6, 6.07) is 6.86. The lowest BCUT2D eigenvalue weighted by Gasteiger charge is -2.39. The summed E-state index contributed by atoms with van der Waals surface area (Å²) in [6.45, 7) is 1.49. The molecule has 8 heteroatoms. The van der Waals surface area contributed by atoms with Crippen molar-refractivity contribution >= 4 is 27.4 Å². The molecule has 2 aliphatic rings. The molecule has 1 fully saturated rings. The van der Waals surface area contributed by atoms with E-state index in [0.29, 0.717) is 19.6 Å². The molecule has 2 heterocycles. The van der Waals surface area contributed by atoms with Crippen LogP contribution < -0.4 is 16.0 Å². The number of anilines is 2. The SMILES string of the molecule is CS(=O)(=O)N1CCC(C2CNc3ccccc3N2C(N)=O)C1. The van der Waals surface area contributed by atoms with Gasteiger partial charge in [0.15, 0.2) is 0 Å². The number of nitrogens with two attached hydrogens (primary N) is 1. The van der Waals surface area contributed by atoms with Crippen LogP contribution in [0.15, 0.2) is 24.3 Å². The van der Waals surface area contributed by atoms with Crippen molar-refractivity contribution in [2.45, 2.75) is 12.5 Å². The minimum Gasteiger partial charge on any atom is -0.381 e. The third-order valence-electron chi connectivity index (χ3n) is 4.43. The van der Waals surface area contributed by atoms with E-state index < -0.39 is 16.1 Å². The van der Waals surface area contributed by atoms with Gasteiger partial charge in [0.25, 0.3) is 0 Å². The first-order valence-electron chi connectivity index (χ1n) is 7.24. The molecule has 120 valence electrons. The Morgan fingerprint density at radius 3 is 2.73 bits per heavy atom. The molecule has 3 N–H and O–H groups in total. The van der Waals surface area contributed by atoms with Crippen molar-refractivity contribution < 1.29 is 13.2 Å². The second-order valence-electron chi connectivity index (χ2n) is 5.84. The van der Waals surface area contributed by atoms with E-state index in [1.165, 1.54) is 10.6 Å². The van der Waals surface area contributed by atoms with Gasteiger partial charge in [-0.1, -0.05) is 12.1 Å². The molecule has 0 spiro atoms. The molecular formula is C14H20N4O3S. The number of para-hydroxylation sites is 2. The van der Waals surface area contributed by atoms with Crippen LogP contribution in [0.4, 0.5) is 16.2 Å². The number of carbonyl (C=O) groups excluding carboxylic acids is 1. The molecule has 1 aromatic carbocycles. The molecular weight excluding hydrogens is 304 g/mol. The zero-order valence-electron chi connectivity index (χ0n) is 12.4. The number of benzene rings is 1. The van der Waals surface area contributed by atoms with Crippen molar-refractivity contribution in [3.63, 3.8) is 0 Å². The Hall–Kier alpha value is -1.80. The lowest BCUT2D eigenvalue weighted by atomic mass is 9.94. The van der Waals surface area contributed by atoms with Gasteiger partial charge in [-0.3, -0.25) is 4.90 Å². The van der Waals surface area contributed by atoms with Gasteiger partial charge in [0.1, 0.15) is 0 Å². The number of nitrogens with one attached hydrogen (secondary N) is 1. The number of urea groups is 1. The first-order valence-corrected chi connectivity index (χ1v) is 9.09. The lowest BCUT2D eigenvalue weighted by Crippen LogP contribution is -2.54. The van der Waals surface area contributed by atoms with E-state index in [1.807, 2.05) is 24.3 Å². The molecule has 2 aliphatic heterocycles. The van der Waals surface area contributed by atoms with Crippen molar-refractivity contribution in [3.8, 4) is 0 Å². The number of rotatable bonds is 2. The molecule has 0 radical (unpaired) electrons. The summed E-state index contributed by atoms with van der Waals surface area (Å²) in [5.74, 6) is 0.0723. The van der Waals surface area contributed by atoms with Crippen LogP contribution in [0, 0.1) is 5.92 Å². The van der Waals surface area contributed by atoms with Crippen LogP contribution in [0.2, 0.25) is 0 Å². The predicted molar refractivity (Wildman–Crippen MR) is 85.3 cm³/mol. The smallest absolute Gasteiger partial charge is 0.319 e. The second kappa shape index (κ2) is 5.44. The van der Waals surface area contributed by atoms with Gasteiger partial charge in [0.05, 0.1) is 23.7 Å². The van der Waals surface area contributed by atoms with Gasteiger partial charge in [-0.15, -0.1) is 0 Å². The predicted octanol–water partition coefficient (Wildman–Crippen LogP) is 0.647. The van der Waals surface area contributed by atoms with Crippen molar-refractivity contribution in [3.05, 3.63) is 24.3 Å². The molecule has 0 aromatic heterocycles. The molecule has 0 saturated carbocycles. The standard InChI is InChI=1S/C14H20N4O3S/c1-22(20,21)17-7-6-10(9-17)13-8-16-11-4-2-3-5-12(11)18(13)14(15)19/h2-5,10,13,16H,6-9H2,1H3,(H2,15,19). The van der Waals surface area contributed by atoms with E-state index >= 15 is 0 Å². The third kappa shape index (κ3) is 2.64. The van der Waals surface area contributed by atoms with E-state index in [-0.39, 0.29) is 12.0 Å². The van der Waals surface area contributed by atoms with E-state index in [1.54, 1.807) is 4.90 Å². The fraction of sp³-hybridized carbons (Fsp3) is 0.500. The average molecular weight is 324 g/mol. The number of carbonyl (C=O) groups is 1. The molecule has 7 nitrogen and oxygen atoms in total.